The van der Waals surface area contributed by atoms with Crippen LogP contribution in [0.25, 0.3) is 0 Å². The van der Waals surface area contributed by atoms with E-state index in [4.69, 9.17) is 4.18 Å². The predicted octanol–water partition coefficient (Wildman–Crippen LogP) is 3.63. The van der Waals surface area contributed by atoms with Crippen LogP contribution in [-0.2, 0) is 10.1 Å². The second kappa shape index (κ2) is 6.33. The molecular formula is C15H14FNO5S. The first-order valence-corrected chi connectivity index (χ1v) is 8.10. The average molecular weight is 339 g/mol. The summed E-state index contributed by atoms with van der Waals surface area (Å²) in [5, 5.41) is 10.9. The second-order valence-electron chi connectivity index (χ2n) is 5.13. The van der Waals surface area contributed by atoms with Crippen LogP contribution in [0.2, 0.25) is 0 Å². The molecule has 0 radical (unpaired) electrons. The molecule has 23 heavy (non-hydrogen) atoms. The van der Waals surface area contributed by atoms with Crippen LogP contribution in [0.3, 0.4) is 0 Å². The van der Waals surface area contributed by atoms with Gasteiger partial charge in [-0.1, -0.05) is 26.0 Å². The normalized spacial score (nSPS) is 11.5. The van der Waals surface area contributed by atoms with E-state index >= 15 is 0 Å². The second-order valence-corrected chi connectivity index (χ2v) is 6.68. The minimum Gasteiger partial charge on any atom is -0.371 e. The Morgan fingerprint density at radius 1 is 1.13 bits per heavy atom. The van der Waals surface area contributed by atoms with Gasteiger partial charge in [0.25, 0.3) is 0 Å². The lowest BCUT2D eigenvalue weighted by molar-refractivity contribution is -0.385. The van der Waals surface area contributed by atoms with Gasteiger partial charge in [-0.2, -0.15) is 8.42 Å². The summed E-state index contributed by atoms with van der Waals surface area (Å²) in [4.78, 5) is 9.88. The Morgan fingerprint density at radius 2 is 1.74 bits per heavy atom. The summed E-state index contributed by atoms with van der Waals surface area (Å²) in [7, 11) is -4.30. The van der Waals surface area contributed by atoms with E-state index in [1.807, 2.05) is 13.8 Å². The summed E-state index contributed by atoms with van der Waals surface area (Å²) in [5.74, 6) is -1.28. The van der Waals surface area contributed by atoms with Gasteiger partial charge in [0.2, 0.25) is 5.75 Å². The van der Waals surface area contributed by atoms with E-state index in [1.165, 1.54) is 12.1 Å². The summed E-state index contributed by atoms with van der Waals surface area (Å²) in [6.45, 7) is 3.91. The van der Waals surface area contributed by atoms with Crippen LogP contribution < -0.4 is 4.18 Å². The molecule has 0 aliphatic carbocycles. The molecule has 8 heteroatoms. The minimum atomic E-state index is -4.30. The third kappa shape index (κ3) is 3.84. The Hall–Kier alpha value is -2.48. The van der Waals surface area contributed by atoms with Crippen molar-refractivity contribution in [1.82, 2.24) is 0 Å². The fourth-order valence-electron chi connectivity index (χ4n) is 1.89. The number of nitro groups is 1. The van der Waals surface area contributed by atoms with E-state index in [2.05, 4.69) is 0 Å². The molecular weight excluding hydrogens is 325 g/mol. The van der Waals surface area contributed by atoms with Gasteiger partial charge in [0.1, 0.15) is 10.7 Å². The van der Waals surface area contributed by atoms with E-state index in [9.17, 15) is 22.9 Å². The zero-order valence-electron chi connectivity index (χ0n) is 12.4. The number of nitro benzene ring substituents is 1. The van der Waals surface area contributed by atoms with Gasteiger partial charge in [0.05, 0.1) is 4.92 Å². The molecule has 0 fully saturated rings. The van der Waals surface area contributed by atoms with Crippen molar-refractivity contribution in [3.8, 4) is 5.75 Å². The maximum atomic E-state index is 13.2. The summed E-state index contributed by atoms with van der Waals surface area (Å²) in [5.41, 5.74) is 0.300. The van der Waals surface area contributed by atoms with E-state index in [0.29, 0.717) is 6.07 Å². The summed E-state index contributed by atoms with van der Waals surface area (Å²) < 4.78 is 42.4. The van der Waals surface area contributed by atoms with Crippen molar-refractivity contribution in [3.05, 3.63) is 64.0 Å². The highest BCUT2D eigenvalue weighted by Crippen LogP contribution is 2.30. The quantitative estimate of drug-likeness (QED) is 0.472. The molecule has 122 valence electrons. The maximum Gasteiger partial charge on any atom is 0.339 e. The maximum absolute atomic E-state index is 13.2. The highest BCUT2D eigenvalue weighted by atomic mass is 32.2. The van der Waals surface area contributed by atoms with Gasteiger partial charge >= 0.3 is 15.8 Å². The van der Waals surface area contributed by atoms with Crippen molar-refractivity contribution in [1.29, 1.82) is 0 Å². The highest BCUT2D eigenvalue weighted by Gasteiger charge is 2.24. The van der Waals surface area contributed by atoms with Gasteiger partial charge in [-0.05, 0) is 29.7 Å². The molecule has 2 rings (SSSR count). The molecule has 0 unspecified atom stereocenters. The molecule has 2 aromatic rings. The van der Waals surface area contributed by atoms with Crippen LogP contribution in [0.1, 0.15) is 25.3 Å². The smallest absolute Gasteiger partial charge is 0.339 e. The lowest BCUT2D eigenvalue weighted by Gasteiger charge is -2.09. The van der Waals surface area contributed by atoms with E-state index < -0.39 is 32.3 Å². The Morgan fingerprint density at radius 3 is 2.26 bits per heavy atom. The largest absolute Gasteiger partial charge is 0.371 e. The van der Waals surface area contributed by atoms with Crippen LogP contribution in [0.15, 0.2) is 47.4 Å². The predicted molar refractivity (Wildman–Crippen MR) is 81.4 cm³/mol. The Kier molecular flexibility index (Phi) is 4.65. The molecule has 0 spiro atoms. The average Bonchev–Trinajstić information content (AvgIpc) is 2.46. The molecule has 0 heterocycles. The van der Waals surface area contributed by atoms with Crippen LogP contribution in [-0.4, -0.2) is 13.3 Å². The number of rotatable bonds is 5. The first-order valence-electron chi connectivity index (χ1n) is 6.69. The summed E-state index contributed by atoms with van der Waals surface area (Å²) in [6.07, 6.45) is 0. The number of hydrogen-bond donors (Lipinski definition) is 0. The van der Waals surface area contributed by atoms with Crippen LogP contribution in [0, 0.1) is 15.9 Å². The lowest BCUT2D eigenvalue weighted by Crippen LogP contribution is -2.11. The van der Waals surface area contributed by atoms with Crippen molar-refractivity contribution >= 4 is 15.8 Å². The van der Waals surface area contributed by atoms with Crippen molar-refractivity contribution < 1.29 is 21.9 Å². The number of halogens is 1. The first kappa shape index (κ1) is 16.9. The minimum absolute atomic E-state index is 0.166. The molecule has 0 aromatic heterocycles. The number of benzene rings is 2. The van der Waals surface area contributed by atoms with Crippen molar-refractivity contribution in [3.63, 3.8) is 0 Å². The lowest BCUT2D eigenvalue weighted by atomic mass is 10.0. The summed E-state index contributed by atoms with van der Waals surface area (Å²) in [6, 6.07) is 8.31. The highest BCUT2D eigenvalue weighted by molar-refractivity contribution is 7.87. The molecule has 0 amide bonds. The molecule has 0 atom stereocenters. The van der Waals surface area contributed by atoms with Crippen LogP contribution in [0.4, 0.5) is 10.1 Å². The standard InChI is InChI=1S/C15H14FNO5S/c1-10(2)11-3-6-13(7-4-11)23(20,21)22-15-9-12(16)5-8-14(15)17(18)19/h3-10H,1-2H3. The van der Waals surface area contributed by atoms with Crippen molar-refractivity contribution in [2.24, 2.45) is 0 Å². The third-order valence-corrected chi connectivity index (χ3v) is 4.40. The van der Waals surface area contributed by atoms with Gasteiger partial charge in [-0.15, -0.1) is 0 Å². The SMILES string of the molecule is CC(C)c1ccc(S(=O)(=O)Oc2cc(F)ccc2[N+](=O)[O-])cc1. The molecule has 0 aliphatic heterocycles. The van der Waals surface area contributed by atoms with E-state index in [0.717, 1.165) is 17.7 Å². The van der Waals surface area contributed by atoms with Crippen LogP contribution in [0.5, 0.6) is 5.75 Å². The van der Waals surface area contributed by atoms with Crippen molar-refractivity contribution in [2.45, 2.75) is 24.7 Å². The Balaban J connectivity index is 2.38. The van der Waals surface area contributed by atoms with E-state index in [1.54, 1.807) is 12.1 Å². The van der Waals surface area contributed by atoms with Crippen LogP contribution >= 0.6 is 0 Å². The molecule has 0 aliphatic rings. The van der Waals surface area contributed by atoms with Crippen molar-refractivity contribution in [2.75, 3.05) is 0 Å². The Labute approximate surface area is 132 Å². The molecule has 6 nitrogen and oxygen atoms in total. The molecule has 0 bridgehead atoms. The molecule has 0 saturated heterocycles. The molecule has 0 saturated carbocycles. The topological polar surface area (TPSA) is 86.5 Å². The van der Waals surface area contributed by atoms with Gasteiger partial charge < -0.3 is 4.18 Å². The monoisotopic (exact) mass is 339 g/mol. The molecule has 2 aromatic carbocycles. The molecule has 0 N–H and O–H groups in total. The zero-order chi connectivity index (χ0) is 17.2. The van der Waals surface area contributed by atoms with E-state index in [-0.39, 0.29) is 10.8 Å². The fraction of sp³-hybridized carbons (Fsp3) is 0.200. The number of hydrogen-bond acceptors (Lipinski definition) is 5. The zero-order valence-corrected chi connectivity index (χ0v) is 13.2. The van der Waals surface area contributed by atoms with Gasteiger partial charge in [-0.3, -0.25) is 10.1 Å². The number of nitrogens with zero attached hydrogens (tertiary/aromatic N) is 1. The first-order chi connectivity index (χ1) is 10.7. The third-order valence-electron chi connectivity index (χ3n) is 3.15. The fourth-order valence-corrected chi connectivity index (χ4v) is 2.83. The van der Waals surface area contributed by atoms with Gasteiger partial charge in [-0.25, -0.2) is 4.39 Å². The Bertz CT molecular complexity index is 831. The van der Waals surface area contributed by atoms with Gasteiger partial charge in [0.15, 0.2) is 0 Å². The van der Waals surface area contributed by atoms with Gasteiger partial charge in [0, 0.05) is 12.1 Å². The summed E-state index contributed by atoms with van der Waals surface area (Å²) >= 11 is 0.